The molecule has 0 heterocycles. The quantitative estimate of drug-likeness (QED) is 0.0762. The number of unbranched alkanes of at least 4 members (excludes halogenated alkanes) is 26. The SMILES string of the molecule is CCCCCCCCCCCCCCCCC(CCC)(CCCN)CCCCCCCCCCCCCCCC. The molecule has 0 saturated carbocycles. The zero-order chi connectivity index (χ0) is 29.2. The van der Waals surface area contributed by atoms with Crippen molar-refractivity contribution in [2.75, 3.05) is 6.54 Å². The summed E-state index contributed by atoms with van der Waals surface area (Å²) < 4.78 is 0. The molecule has 0 saturated heterocycles. The van der Waals surface area contributed by atoms with Crippen molar-refractivity contribution in [2.24, 2.45) is 11.1 Å². The third-order valence-electron chi connectivity index (χ3n) is 9.81. The molecule has 0 radical (unpaired) electrons. The summed E-state index contributed by atoms with van der Waals surface area (Å²) in [4.78, 5) is 0. The average Bonchev–Trinajstić information content (AvgIpc) is 2.96. The van der Waals surface area contributed by atoms with Crippen LogP contribution in [0.1, 0.15) is 239 Å². The van der Waals surface area contributed by atoms with Gasteiger partial charge in [0.25, 0.3) is 0 Å². The minimum atomic E-state index is 0.600. The van der Waals surface area contributed by atoms with Gasteiger partial charge in [-0.15, -0.1) is 0 Å². The molecule has 0 atom stereocenters. The van der Waals surface area contributed by atoms with Crippen LogP contribution in [0.2, 0.25) is 0 Å². The van der Waals surface area contributed by atoms with Crippen LogP contribution in [0.15, 0.2) is 0 Å². The van der Waals surface area contributed by atoms with Gasteiger partial charge in [0.2, 0.25) is 0 Å². The van der Waals surface area contributed by atoms with Gasteiger partial charge >= 0.3 is 0 Å². The second kappa shape index (κ2) is 33.5. The predicted octanol–water partition coefficient (Wildman–Crippen LogP) is 14.3. The van der Waals surface area contributed by atoms with Crippen LogP contribution in [0.4, 0.5) is 0 Å². The van der Waals surface area contributed by atoms with Crippen LogP contribution in [0.5, 0.6) is 0 Å². The van der Waals surface area contributed by atoms with Gasteiger partial charge in [-0.05, 0) is 44.1 Å². The van der Waals surface area contributed by atoms with Crippen molar-refractivity contribution < 1.29 is 0 Å². The van der Waals surface area contributed by atoms with E-state index < -0.39 is 0 Å². The van der Waals surface area contributed by atoms with Crippen molar-refractivity contribution in [1.29, 1.82) is 0 Å². The first kappa shape index (κ1) is 40.0. The van der Waals surface area contributed by atoms with Gasteiger partial charge in [0, 0.05) is 0 Å². The van der Waals surface area contributed by atoms with Crippen LogP contribution in [-0.4, -0.2) is 6.54 Å². The largest absolute Gasteiger partial charge is 0.330 e. The Balaban J connectivity index is 3.88. The summed E-state index contributed by atoms with van der Waals surface area (Å²) in [6.07, 6.45) is 49.2. The number of nitrogens with two attached hydrogens (primary N) is 1. The van der Waals surface area contributed by atoms with Gasteiger partial charge < -0.3 is 5.73 Å². The fourth-order valence-electron chi connectivity index (χ4n) is 7.15. The lowest BCUT2D eigenvalue weighted by molar-refractivity contribution is 0.179. The van der Waals surface area contributed by atoms with Gasteiger partial charge in [-0.25, -0.2) is 0 Å². The molecular formula is C39H81N. The molecule has 0 unspecified atom stereocenters. The van der Waals surface area contributed by atoms with Crippen LogP contribution in [0.25, 0.3) is 0 Å². The Hall–Kier alpha value is -0.0400. The fourth-order valence-corrected chi connectivity index (χ4v) is 7.15. The first-order chi connectivity index (χ1) is 19.7. The Bertz CT molecular complexity index is 412. The molecule has 0 aromatic rings. The summed E-state index contributed by atoms with van der Waals surface area (Å²) in [5.41, 5.74) is 6.59. The summed E-state index contributed by atoms with van der Waals surface area (Å²) in [6, 6.07) is 0. The average molecular weight is 564 g/mol. The molecule has 0 aromatic heterocycles. The Morgan fingerprint density at radius 1 is 0.275 bits per heavy atom. The molecular weight excluding hydrogens is 482 g/mol. The van der Waals surface area contributed by atoms with E-state index in [0.717, 1.165) is 6.54 Å². The first-order valence-electron chi connectivity index (χ1n) is 19.4. The second-order valence-corrected chi connectivity index (χ2v) is 13.8. The van der Waals surface area contributed by atoms with Crippen molar-refractivity contribution in [2.45, 2.75) is 239 Å². The number of rotatable bonds is 35. The summed E-state index contributed by atoms with van der Waals surface area (Å²) >= 11 is 0. The lowest BCUT2D eigenvalue weighted by Crippen LogP contribution is -2.22. The van der Waals surface area contributed by atoms with Crippen molar-refractivity contribution in [3.8, 4) is 0 Å². The van der Waals surface area contributed by atoms with Crippen LogP contribution in [0, 0.1) is 5.41 Å². The van der Waals surface area contributed by atoms with E-state index in [2.05, 4.69) is 20.8 Å². The van der Waals surface area contributed by atoms with Crippen molar-refractivity contribution in [3.63, 3.8) is 0 Å². The van der Waals surface area contributed by atoms with Gasteiger partial charge in [0.15, 0.2) is 0 Å². The van der Waals surface area contributed by atoms with E-state index in [1.165, 1.54) is 218 Å². The van der Waals surface area contributed by atoms with Crippen molar-refractivity contribution in [3.05, 3.63) is 0 Å². The molecule has 0 bridgehead atoms. The Kier molecular flexibility index (Phi) is 33.4. The summed E-state index contributed by atoms with van der Waals surface area (Å²) in [6.45, 7) is 7.91. The van der Waals surface area contributed by atoms with Gasteiger partial charge in [0.05, 0.1) is 0 Å². The molecule has 0 aliphatic rings. The maximum atomic E-state index is 5.99. The minimum Gasteiger partial charge on any atom is -0.330 e. The normalized spacial score (nSPS) is 12.0. The number of hydrogen-bond acceptors (Lipinski definition) is 1. The first-order valence-corrected chi connectivity index (χ1v) is 19.4. The fraction of sp³-hybridized carbons (Fsp3) is 1.00. The zero-order valence-corrected chi connectivity index (χ0v) is 28.8. The van der Waals surface area contributed by atoms with E-state index in [1.54, 1.807) is 0 Å². The smallest absolute Gasteiger partial charge is 0.00771 e. The number of hydrogen-bond donors (Lipinski definition) is 1. The van der Waals surface area contributed by atoms with E-state index in [0.29, 0.717) is 5.41 Å². The van der Waals surface area contributed by atoms with Crippen molar-refractivity contribution >= 4 is 0 Å². The maximum absolute atomic E-state index is 5.99. The second-order valence-electron chi connectivity index (χ2n) is 13.8. The molecule has 0 aliphatic heterocycles. The van der Waals surface area contributed by atoms with E-state index >= 15 is 0 Å². The third kappa shape index (κ3) is 28.1. The van der Waals surface area contributed by atoms with E-state index in [4.69, 9.17) is 5.73 Å². The maximum Gasteiger partial charge on any atom is -0.00771 e. The molecule has 1 nitrogen and oxygen atoms in total. The molecule has 242 valence electrons. The van der Waals surface area contributed by atoms with Gasteiger partial charge in [-0.1, -0.05) is 207 Å². The third-order valence-corrected chi connectivity index (χ3v) is 9.81. The van der Waals surface area contributed by atoms with E-state index in [9.17, 15) is 0 Å². The molecule has 0 aromatic carbocycles. The van der Waals surface area contributed by atoms with Gasteiger partial charge in [-0.2, -0.15) is 0 Å². The Labute approximate surface area is 256 Å². The standard InChI is InChI=1S/C39H81N/c1-4-7-9-11-13-15-17-19-21-23-25-27-29-31-35-39(34-6-3,37-33-38-40)36-32-30-28-26-24-22-20-18-16-14-12-10-8-5-2/h4-38,40H2,1-3H3. The lowest BCUT2D eigenvalue weighted by Gasteiger charge is -2.34. The highest BCUT2D eigenvalue weighted by Gasteiger charge is 2.27. The van der Waals surface area contributed by atoms with E-state index in [1.807, 2.05) is 0 Å². The van der Waals surface area contributed by atoms with Crippen LogP contribution < -0.4 is 5.73 Å². The Morgan fingerprint density at radius 3 is 0.775 bits per heavy atom. The van der Waals surface area contributed by atoms with Crippen LogP contribution >= 0.6 is 0 Å². The molecule has 0 fully saturated rings. The predicted molar refractivity (Wildman–Crippen MR) is 185 cm³/mol. The molecule has 40 heavy (non-hydrogen) atoms. The zero-order valence-electron chi connectivity index (χ0n) is 28.8. The van der Waals surface area contributed by atoms with Gasteiger partial charge in [-0.3, -0.25) is 0 Å². The Morgan fingerprint density at radius 2 is 0.525 bits per heavy atom. The lowest BCUT2D eigenvalue weighted by atomic mass is 9.71. The van der Waals surface area contributed by atoms with Crippen molar-refractivity contribution in [1.82, 2.24) is 0 Å². The van der Waals surface area contributed by atoms with Crippen LogP contribution in [-0.2, 0) is 0 Å². The summed E-state index contributed by atoms with van der Waals surface area (Å²) in [5, 5.41) is 0. The molecule has 0 aliphatic carbocycles. The topological polar surface area (TPSA) is 26.0 Å². The van der Waals surface area contributed by atoms with Gasteiger partial charge in [0.1, 0.15) is 0 Å². The highest BCUT2D eigenvalue weighted by Crippen LogP contribution is 2.41. The molecule has 0 amide bonds. The highest BCUT2D eigenvalue weighted by molar-refractivity contribution is 4.80. The monoisotopic (exact) mass is 564 g/mol. The summed E-state index contributed by atoms with van der Waals surface area (Å²) in [5.74, 6) is 0. The minimum absolute atomic E-state index is 0.600. The van der Waals surface area contributed by atoms with E-state index in [-0.39, 0.29) is 0 Å². The highest BCUT2D eigenvalue weighted by atomic mass is 14.5. The molecule has 0 spiro atoms. The molecule has 1 heteroatoms. The van der Waals surface area contributed by atoms with Crippen LogP contribution in [0.3, 0.4) is 0 Å². The summed E-state index contributed by atoms with van der Waals surface area (Å²) in [7, 11) is 0. The molecule has 2 N–H and O–H groups in total. The molecule has 0 rings (SSSR count).